The maximum atomic E-state index is 8.54. The number of fused-ring (bicyclic) bond motifs is 1. The molecule has 0 aromatic carbocycles. The number of rotatable bonds is 4. The third kappa shape index (κ3) is 1.57. The maximum Gasteiger partial charge on any atom is 0.0606 e. The average molecular weight is 156 g/mol. The molecule has 0 aliphatic heterocycles. The molecule has 2 fully saturated rings. The Bertz CT molecular complexity index is 136. The molecule has 64 valence electrons. The van der Waals surface area contributed by atoms with Gasteiger partial charge in [-0.15, -0.1) is 0 Å². The monoisotopic (exact) mass is 156 g/mol. The predicted molar refractivity (Wildman–Crippen MR) is 42.3 cm³/mol. The first-order chi connectivity index (χ1) is 5.42. The Morgan fingerprint density at radius 1 is 1.36 bits per heavy atom. The summed E-state index contributed by atoms with van der Waals surface area (Å²) in [5, 5.41) is 8.54. The predicted octanol–water partition coefficient (Wildman–Crippen LogP) is 1.18. The van der Waals surface area contributed by atoms with Crippen molar-refractivity contribution in [2.24, 2.45) is 11.8 Å². The molecule has 2 saturated carbocycles. The molecule has 3 unspecified atom stereocenters. The molecule has 2 rings (SSSR count). The highest BCUT2D eigenvalue weighted by Crippen LogP contribution is 2.52. The van der Waals surface area contributed by atoms with Crippen LogP contribution in [0.3, 0.4) is 0 Å². The molecule has 11 heavy (non-hydrogen) atoms. The zero-order valence-corrected chi connectivity index (χ0v) is 6.83. The summed E-state index contributed by atoms with van der Waals surface area (Å²) in [6.45, 7) is 1.02. The fraction of sp³-hybridized carbons (Fsp3) is 1.00. The highest BCUT2D eigenvalue weighted by Gasteiger charge is 2.48. The highest BCUT2D eigenvalue weighted by molar-refractivity contribution is 4.98. The van der Waals surface area contributed by atoms with E-state index in [4.69, 9.17) is 9.84 Å². The van der Waals surface area contributed by atoms with E-state index in [1.54, 1.807) is 0 Å². The minimum atomic E-state index is 0.265. The van der Waals surface area contributed by atoms with E-state index in [9.17, 15) is 0 Å². The van der Waals surface area contributed by atoms with Gasteiger partial charge in [-0.25, -0.2) is 0 Å². The van der Waals surface area contributed by atoms with E-state index < -0.39 is 0 Å². The first-order valence-corrected chi connectivity index (χ1v) is 4.64. The lowest BCUT2D eigenvalue weighted by Crippen LogP contribution is -2.13. The van der Waals surface area contributed by atoms with Crippen LogP contribution in [0.15, 0.2) is 0 Å². The SMILES string of the molecule is OCCCOC1CCC2CC21. The van der Waals surface area contributed by atoms with Crippen molar-refractivity contribution < 1.29 is 9.84 Å². The molecule has 2 nitrogen and oxygen atoms in total. The summed E-state index contributed by atoms with van der Waals surface area (Å²) in [7, 11) is 0. The van der Waals surface area contributed by atoms with Gasteiger partial charge in [0.05, 0.1) is 6.10 Å². The Morgan fingerprint density at radius 2 is 2.27 bits per heavy atom. The Kier molecular flexibility index (Phi) is 2.14. The largest absolute Gasteiger partial charge is 0.396 e. The van der Waals surface area contributed by atoms with Crippen LogP contribution in [0.4, 0.5) is 0 Å². The molecule has 2 aliphatic carbocycles. The average Bonchev–Trinajstić information content (AvgIpc) is 2.70. The van der Waals surface area contributed by atoms with E-state index in [-0.39, 0.29) is 6.61 Å². The van der Waals surface area contributed by atoms with Gasteiger partial charge in [0.15, 0.2) is 0 Å². The van der Waals surface area contributed by atoms with E-state index in [0.717, 1.165) is 24.9 Å². The molecule has 0 aromatic rings. The molecule has 0 aromatic heterocycles. The summed E-state index contributed by atoms with van der Waals surface area (Å²) in [6.07, 6.45) is 5.40. The van der Waals surface area contributed by atoms with E-state index in [1.807, 2.05) is 0 Å². The highest BCUT2D eigenvalue weighted by atomic mass is 16.5. The normalized spacial score (nSPS) is 40.6. The van der Waals surface area contributed by atoms with Crippen molar-refractivity contribution in [3.8, 4) is 0 Å². The van der Waals surface area contributed by atoms with Crippen LogP contribution in [0.1, 0.15) is 25.7 Å². The third-order valence-corrected chi connectivity index (χ3v) is 2.91. The van der Waals surface area contributed by atoms with Crippen molar-refractivity contribution in [3.05, 3.63) is 0 Å². The summed E-state index contributed by atoms with van der Waals surface area (Å²) in [6, 6.07) is 0. The zero-order valence-electron chi connectivity index (χ0n) is 6.83. The van der Waals surface area contributed by atoms with Crippen LogP contribution < -0.4 is 0 Å². The minimum Gasteiger partial charge on any atom is -0.396 e. The van der Waals surface area contributed by atoms with Crippen LogP contribution in [0.2, 0.25) is 0 Å². The Morgan fingerprint density at radius 3 is 2.82 bits per heavy atom. The number of aliphatic hydroxyl groups excluding tert-OH is 1. The molecular weight excluding hydrogens is 140 g/mol. The van der Waals surface area contributed by atoms with Gasteiger partial charge < -0.3 is 9.84 Å². The lowest BCUT2D eigenvalue weighted by molar-refractivity contribution is 0.0351. The lowest BCUT2D eigenvalue weighted by atomic mass is 10.2. The molecule has 0 heterocycles. The fourth-order valence-corrected chi connectivity index (χ4v) is 2.16. The van der Waals surface area contributed by atoms with Crippen LogP contribution in [0, 0.1) is 11.8 Å². The third-order valence-electron chi connectivity index (χ3n) is 2.91. The number of hydrogen-bond donors (Lipinski definition) is 1. The maximum absolute atomic E-state index is 8.54. The van der Waals surface area contributed by atoms with Gasteiger partial charge in [0.25, 0.3) is 0 Å². The van der Waals surface area contributed by atoms with Gasteiger partial charge in [0.1, 0.15) is 0 Å². The van der Waals surface area contributed by atoms with Gasteiger partial charge in [-0.3, -0.25) is 0 Å². The Labute approximate surface area is 67.6 Å². The summed E-state index contributed by atoms with van der Waals surface area (Å²) in [5.74, 6) is 1.91. The van der Waals surface area contributed by atoms with Crippen molar-refractivity contribution in [2.75, 3.05) is 13.2 Å². The van der Waals surface area contributed by atoms with Crippen molar-refractivity contribution in [1.29, 1.82) is 0 Å². The van der Waals surface area contributed by atoms with E-state index >= 15 is 0 Å². The lowest BCUT2D eigenvalue weighted by Gasteiger charge is -2.12. The summed E-state index contributed by atoms with van der Waals surface area (Å²) >= 11 is 0. The van der Waals surface area contributed by atoms with Gasteiger partial charge in [-0.05, 0) is 37.5 Å². The van der Waals surface area contributed by atoms with E-state index in [0.29, 0.717) is 6.10 Å². The topological polar surface area (TPSA) is 29.5 Å². The molecule has 3 atom stereocenters. The van der Waals surface area contributed by atoms with Crippen LogP contribution in [-0.2, 0) is 4.74 Å². The second-order valence-corrected chi connectivity index (χ2v) is 3.72. The molecule has 0 spiro atoms. The zero-order chi connectivity index (χ0) is 7.68. The van der Waals surface area contributed by atoms with Gasteiger partial charge in [-0.2, -0.15) is 0 Å². The molecule has 1 N–H and O–H groups in total. The molecule has 2 heteroatoms. The van der Waals surface area contributed by atoms with Crippen LogP contribution in [0.5, 0.6) is 0 Å². The van der Waals surface area contributed by atoms with Crippen LogP contribution >= 0.6 is 0 Å². The minimum absolute atomic E-state index is 0.265. The second-order valence-electron chi connectivity index (χ2n) is 3.72. The van der Waals surface area contributed by atoms with Crippen molar-refractivity contribution >= 4 is 0 Å². The molecule has 0 radical (unpaired) electrons. The second kappa shape index (κ2) is 3.11. The van der Waals surface area contributed by atoms with Gasteiger partial charge in [-0.1, -0.05) is 0 Å². The molecule has 2 aliphatic rings. The smallest absolute Gasteiger partial charge is 0.0606 e. The summed E-state index contributed by atoms with van der Waals surface area (Å²) in [5.41, 5.74) is 0. The fourth-order valence-electron chi connectivity index (χ4n) is 2.16. The Balaban J connectivity index is 1.63. The summed E-state index contributed by atoms with van der Waals surface area (Å²) < 4.78 is 5.64. The van der Waals surface area contributed by atoms with E-state index in [2.05, 4.69) is 0 Å². The molecular formula is C9H16O2. The van der Waals surface area contributed by atoms with Crippen molar-refractivity contribution in [2.45, 2.75) is 31.8 Å². The molecule has 0 amide bonds. The first-order valence-electron chi connectivity index (χ1n) is 4.64. The van der Waals surface area contributed by atoms with Gasteiger partial charge in [0, 0.05) is 13.2 Å². The summed E-state index contributed by atoms with van der Waals surface area (Å²) in [4.78, 5) is 0. The van der Waals surface area contributed by atoms with Crippen LogP contribution in [-0.4, -0.2) is 24.4 Å². The molecule has 0 saturated heterocycles. The Hall–Kier alpha value is -0.0800. The van der Waals surface area contributed by atoms with Crippen LogP contribution in [0.25, 0.3) is 0 Å². The standard InChI is InChI=1S/C9H16O2/c10-4-1-5-11-9-3-2-7-6-8(7)9/h7-10H,1-6H2. The van der Waals surface area contributed by atoms with Crippen molar-refractivity contribution in [3.63, 3.8) is 0 Å². The van der Waals surface area contributed by atoms with Gasteiger partial charge >= 0.3 is 0 Å². The number of aliphatic hydroxyl groups is 1. The number of ether oxygens (including phenoxy) is 1. The van der Waals surface area contributed by atoms with E-state index in [1.165, 1.54) is 19.3 Å². The number of hydrogen-bond acceptors (Lipinski definition) is 2. The van der Waals surface area contributed by atoms with Gasteiger partial charge in [0.2, 0.25) is 0 Å². The quantitative estimate of drug-likeness (QED) is 0.619. The van der Waals surface area contributed by atoms with Crippen molar-refractivity contribution in [1.82, 2.24) is 0 Å². The first kappa shape index (κ1) is 7.56. The molecule has 0 bridgehead atoms.